The molecule has 1 aromatic rings. The number of nitrogens with one attached hydrogen (secondary N) is 2. The number of aliphatic carboxylic acids is 1. The maximum absolute atomic E-state index is 11.9. The summed E-state index contributed by atoms with van der Waals surface area (Å²) in [6.45, 7) is 2.29. The number of carboxylic acids is 1. The predicted octanol–water partition coefficient (Wildman–Crippen LogP) is 0.491. The van der Waals surface area contributed by atoms with Gasteiger partial charge in [-0.15, -0.1) is 0 Å². The summed E-state index contributed by atoms with van der Waals surface area (Å²) < 4.78 is 0. The fraction of sp³-hybridized carbons (Fsp3) is 0.214. The summed E-state index contributed by atoms with van der Waals surface area (Å²) in [5.41, 5.74) is 6.77. The highest BCUT2D eigenvalue weighted by Gasteiger charge is 2.06. The van der Waals surface area contributed by atoms with Gasteiger partial charge in [-0.05, 0) is 36.3 Å². The summed E-state index contributed by atoms with van der Waals surface area (Å²) in [5, 5.41) is 13.6. The topological polar surface area (TPSA) is 122 Å². The standard InChI is InChI=1S/C14H17N3O4/c1-9-6-10(2-3-12(18)19)8-11(7-9)13(20)16-4-5-17-14(15)21/h2-3,6-8H,4-5H2,1H3,(H,16,20)(H,18,19)(H3,15,17,21)/b3-2+. The van der Waals surface area contributed by atoms with Gasteiger partial charge in [0.15, 0.2) is 0 Å². The molecule has 3 amide bonds. The van der Waals surface area contributed by atoms with E-state index in [1.54, 1.807) is 18.2 Å². The largest absolute Gasteiger partial charge is 0.478 e. The van der Waals surface area contributed by atoms with Crippen LogP contribution in [-0.4, -0.2) is 36.1 Å². The summed E-state index contributed by atoms with van der Waals surface area (Å²) in [6, 6.07) is 4.39. The summed E-state index contributed by atoms with van der Waals surface area (Å²) in [4.78, 5) is 32.9. The number of rotatable bonds is 6. The number of benzene rings is 1. The Kier molecular flexibility index (Phi) is 5.94. The van der Waals surface area contributed by atoms with Gasteiger partial charge >= 0.3 is 12.0 Å². The van der Waals surface area contributed by atoms with E-state index in [4.69, 9.17) is 10.8 Å². The minimum atomic E-state index is -1.06. The Labute approximate surface area is 121 Å². The Morgan fingerprint density at radius 3 is 2.48 bits per heavy atom. The zero-order chi connectivity index (χ0) is 15.8. The van der Waals surface area contributed by atoms with E-state index in [2.05, 4.69) is 10.6 Å². The van der Waals surface area contributed by atoms with Crippen LogP contribution in [-0.2, 0) is 4.79 Å². The van der Waals surface area contributed by atoms with Crippen LogP contribution in [0, 0.1) is 6.92 Å². The first kappa shape index (κ1) is 16.2. The molecule has 7 heteroatoms. The Morgan fingerprint density at radius 2 is 1.86 bits per heavy atom. The van der Waals surface area contributed by atoms with Gasteiger partial charge in [0.25, 0.3) is 5.91 Å². The van der Waals surface area contributed by atoms with Crippen molar-refractivity contribution in [2.45, 2.75) is 6.92 Å². The van der Waals surface area contributed by atoms with Crippen LogP contribution in [0.5, 0.6) is 0 Å². The minimum absolute atomic E-state index is 0.235. The number of urea groups is 1. The second-order valence-corrected chi connectivity index (χ2v) is 4.35. The second kappa shape index (κ2) is 7.68. The second-order valence-electron chi connectivity index (χ2n) is 4.35. The molecule has 0 atom stereocenters. The van der Waals surface area contributed by atoms with E-state index < -0.39 is 12.0 Å². The average Bonchev–Trinajstić information content (AvgIpc) is 2.40. The Bertz CT molecular complexity index is 582. The summed E-state index contributed by atoms with van der Waals surface area (Å²) in [7, 11) is 0. The highest BCUT2D eigenvalue weighted by Crippen LogP contribution is 2.11. The van der Waals surface area contributed by atoms with Crippen LogP contribution in [0.15, 0.2) is 24.3 Å². The van der Waals surface area contributed by atoms with E-state index in [-0.39, 0.29) is 19.0 Å². The summed E-state index contributed by atoms with van der Waals surface area (Å²) in [6.07, 6.45) is 2.42. The molecule has 1 rings (SSSR count). The fourth-order valence-electron chi connectivity index (χ4n) is 1.67. The lowest BCUT2D eigenvalue weighted by Gasteiger charge is -2.07. The molecule has 21 heavy (non-hydrogen) atoms. The van der Waals surface area contributed by atoms with E-state index in [0.29, 0.717) is 11.1 Å². The van der Waals surface area contributed by atoms with Crippen molar-refractivity contribution in [3.8, 4) is 0 Å². The van der Waals surface area contributed by atoms with E-state index in [9.17, 15) is 14.4 Å². The number of hydrogen-bond donors (Lipinski definition) is 4. The van der Waals surface area contributed by atoms with Crippen molar-refractivity contribution in [3.63, 3.8) is 0 Å². The molecule has 0 heterocycles. The van der Waals surface area contributed by atoms with E-state index in [1.807, 2.05) is 6.92 Å². The van der Waals surface area contributed by atoms with Gasteiger partial charge in [-0.25, -0.2) is 9.59 Å². The molecule has 1 aromatic carbocycles. The Balaban J connectivity index is 2.71. The third-order valence-electron chi connectivity index (χ3n) is 2.49. The maximum atomic E-state index is 11.9. The van der Waals surface area contributed by atoms with Gasteiger partial charge < -0.3 is 21.5 Å². The molecule has 7 nitrogen and oxygen atoms in total. The van der Waals surface area contributed by atoms with Gasteiger partial charge in [0.1, 0.15) is 0 Å². The monoisotopic (exact) mass is 291 g/mol. The van der Waals surface area contributed by atoms with Crippen LogP contribution in [0.1, 0.15) is 21.5 Å². The molecule has 0 saturated heterocycles. The van der Waals surface area contributed by atoms with Crippen molar-refractivity contribution in [2.24, 2.45) is 5.73 Å². The van der Waals surface area contributed by atoms with Crippen molar-refractivity contribution in [2.75, 3.05) is 13.1 Å². The van der Waals surface area contributed by atoms with Gasteiger partial charge in [-0.1, -0.05) is 6.07 Å². The molecular formula is C14H17N3O4. The molecule has 5 N–H and O–H groups in total. The highest BCUT2D eigenvalue weighted by atomic mass is 16.4. The first-order chi connectivity index (χ1) is 9.88. The van der Waals surface area contributed by atoms with Crippen LogP contribution in [0.3, 0.4) is 0 Å². The van der Waals surface area contributed by atoms with Crippen molar-refractivity contribution in [3.05, 3.63) is 41.0 Å². The molecule has 0 saturated carbocycles. The smallest absolute Gasteiger partial charge is 0.328 e. The third-order valence-corrected chi connectivity index (χ3v) is 2.49. The molecule has 0 radical (unpaired) electrons. The van der Waals surface area contributed by atoms with Gasteiger partial charge in [0.05, 0.1) is 0 Å². The number of carboxylic acid groups (broad SMARTS) is 1. The lowest BCUT2D eigenvalue weighted by Crippen LogP contribution is -2.37. The third kappa shape index (κ3) is 6.24. The number of aryl methyl sites for hydroxylation is 1. The van der Waals surface area contributed by atoms with Gasteiger partial charge in [0, 0.05) is 24.7 Å². The summed E-state index contributed by atoms with van der Waals surface area (Å²) in [5.74, 6) is -1.37. The maximum Gasteiger partial charge on any atom is 0.328 e. The Morgan fingerprint density at radius 1 is 1.19 bits per heavy atom. The molecule has 0 aliphatic carbocycles. The zero-order valence-electron chi connectivity index (χ0n) is 11.6. The fourth-order valence-corrected chi connectivity index (χ4v) is 1.67. The quantitative estimate of drug-likeness (QED) is 0.450. The molecular weight excluding hydrogens is 274 g/mol. The van der Waals surface area contributed by atoms with Crippen molar-refractivity contribution >= 4 is 24.0 Å². The molecule has 0 unspecified atom stereocenters. The number of nitrogens with two attached hydrogens (primary N) is 1. The van der Waals surface area contributed by atoms with Crippen molar-refractivity contribution in [1.29, 1.82) is 0 Å². The van der Waals surface area contributed by atoms with Crippen LogP contribution in [0.25, 0.3) is 6.08 Å². The first-order valence-electron chi connectivity index (χ1n) is 6.22. The van der Waals surface area contributed by atoms with E-state index in [0.717, 1.165) is 11.6 Å². The van der Waals surface area contributed by atoms with Gasteiger partial charge in [-0.3, -0.25) is 4.79 Å². The lowest BCUT2D eigenvalue weighted by atomic mass is 10.1. The van der Waals surface area contributed by atoms with Gasteiger partial charge in [-0.2, -0.15) is 0 Å². The number of hydrogen-bond acceptors (Lipinski definition) is 3. The zero-order valence-corrected chi connectivity index (χ0v) is 11.6. The van der Waals surface area contributed by atoms with Gasteiger partial charge in [0.2, 0.25) is 0 Å². The highest BCUT2D eigenvalue weighted by molar-refractivity contribution is 5.95. The van der Waals surface area contributed by atoms with Crippen molar-refractivity contribution in [1.82, 2.24) is 10.6 Å². The number of carbonyl (C=O) groups is 3. The average molecular weight is 291 g/mol. The number of primary amides is 1. The van der Waals surface area contributed by atoms with Crippen LogP contribution in [0.4, 0.5) is 4.79 Å². The minimum Gasteiger partial charge on any atom is -0.478 e. The Hall–Kier alpha value is -2.83. The normalized spacial score (nSPS) is 10.3. The predicted molar refractivity (Wildman–Crippen MR) is 77.8 cm³/mol. The number of carbonyl (C=O) groups excluding carboxylic acids is 2. The number of amides is 3. The molecule has 0 fully saturated rings. The van der Waals surface area contributed by atoms with Crippen LogP contribution >= 0.6 is 0 Å². The molecule has 0 aliphatic rings. The lowest BCUT2D eigenvalue weighted by molar-refractivity contribution is -0.131. The van der Waals surface area contributed by atoms with Crippen molar-refractivity contribution < 1.29 is 19.5 Å². The molecule has 112 valence electrons. The van der Waals surface area contributed by atoms with Crippen LogP contribution < -0.4 is 16.4 Å². The molecule has 0 bridgehead atoms. The van der Waals surface area contributed by atoms with E-state index >= 15 is 0 Å². The first-order valence-corrected chi connectivity index (χ1v) is 6.22. The molecule has 0 aliphatic heterocycles. The molecule has 0 spiro atoms. The molecule has 0 aromatic heterocycles. The van der Waals surface area contributed by atoms with Crippen LogP contribution in [0.2, 0.25) is 0 Å². The van der Waals surface area contributed by atoms with E-state index in [1.165, 1.54) is 6.08 Å². The summed E-state index contributed by atoms with van der Waals surface area (Å²) >= 11 is 0. The SMILES string of the molecule is Cc1cc(/C=C/C(=O)O)cc(C(=O)NCCNC(N)=O)c1.